The lowest BCUT2D eigenvalue weighted by atomic mass is 9.82. The molecule has 0 aliphatic heterocycles. The Balaban J connectivity index is 2.78. The minimum atomic E-state index is -3.42. The van der Waals surface area contributed by atoms with E-state index < -0.39 is 10.0 Å². The molecule has 0 saturated carbocycles. The van der Waals surface area contributed by atoms with E-state index in [1.54, 1.807) is 24.3 Å². The first-order valence-corrected chi connectivity index (χ1v) is 8.16. The van der Waals surface area contributed by atoms with Crippen LogP contribution in [0.25, 0.3) is 0 Å². The highest BCUT2D eigenvalue weighted by molar-refractivity contribution is 9.10. The highest BCUT2D eigenvalue weighted by Crippen LogP contribution is 2.25. The predicted molar refractivity (Wildman–Crippen MR) is 77.9 cm³/mol. The van der Waals surface area contributed by atoms with Crippen LogP contribution in [0.3, 0.4) is 0 Å². The van der Waals surface area contributed by atoms with Crippen LogP contribution >= 0.6 is 15.9 Å². The number of hydrogen-bond acceptors (Lipinski definition) is 2. The Morgan fingerprint density at radius 2 is 1.94 bits per heavy atom. The molecule has 3 nitrogen and oxygen atoms in total. The van der Waals surface area contributed by atoms with Crippen molar-refractivity contribution >= 4 is 26.0 Å². The van der Waals surface area contributed by atoms with E-state index in [2.05, 4.69) is 41.4 Å². The van der Waals surface area contributed by atoms with Gasteiger partial charge in [0.25, 0.3) is 0 Å². The number of hydrogen-bond donors (Lipinski definition) is 1. The van der Waals surface area contributed by atoms with Crippen LogP contribution in [0.4, 0.5) is 0 Å². The molecule has 102 valence electrons. The number of halogens is 1. The zero-order chi connectivity index (χ0) is 14.0. The third-order valence-electron chi connectivity index (χ3n) is 3.16. The lowest BCUT2D eigenvalue weighted by Gasteiger charge is -2.27. The topological polar surface area (TPSA) is 46.2 Å². The minimum absolute atomic E-state index is 0.0831. The van der Waals surface area contributed by atoms with Gasteiger partial charge in [-0.1, -0.05) is 49.7 Å². The van der Waals surface area contributed by atoms with Crippen molar-refractivity contribution in [3.63, 3.8) is 0 Å². The summed E-state index contributed by atoms with van der Waals surface area (Å²) in [6, 6.07) is 6.71. The molecule has 1 N–H and O–H groups in total. The molecule has 0 bridgehead atoms. The lowest BCUT2D eigenvalue weighted by Crippen LogP contribution is -2.33. The van der Waals surface area contributed by atoms with Gasteiger partial charge in [0, 0.05) is 11.0 Å². The molecule has 0 heterocycles. The molecule has 1 unspecified atom stereocenters. The van der Waals surface area contributed by atoms with Crippen molar-refractivity contribution in [3.8, 4) is 0 Å². The number of rotatable bonds is 4. The van der Waals surface area contributed by atoms with Crippen molar-refractivity contribution in [2.75, 3.05) is 6.54 Å². The van der Waals surface area contributed by atoms with Crippen LogP contribution in [0.2, 0.25) is 0 Å². The molecule has 0 aliphatic rings. The smallest absolute Gasteiger partial charge is 0.211 e. The molecule has 0 spiro atoms. The monoisotopic (exact) mass is 333 g/mol. The van der Waals surface area contributed by atoms with Crippen molar-refractivity contribution in [1.82, 2.24) is 4.72 Å². The Morgan fingerprint density at radius 3 is 2.44 bits per heavy atom. The van der Waals surface area contributed by atoms with Gasteiger partial charge in [-0.2, -0.15) is 0 Å². The molecule has 0 saturated heterocycles. The van der Waals surface area contributed by atoms with Gasteiger partial charge < -0.3 is 0 Å². The molecule has 0 fully saturated rings. The maximum absolute atomic E-state index is 12.1. The van der Waals surface area contributed by atoms with Gasteiger partial charge in [0.15, 0.2) is 0 Å². The van der Waals surface area contributed by atoms with E-state index in [4.69, 9.17) is 0 Å². The fraction of sp³-hybridized carbons (Fsp3) is 0.538. The molecule has 5 heteroatoms. The summed E-state index contributed by atoms with van der Waals surface area (Å²) in [5.74, 6) is 0.263. The number of benzene rings is 1. The van der Waals surface area contributed by atoms with Gasteiger partial charge in [0.1, 0.15) is 0 Å². The Bertz CT molecular complexity index is 506. The van der Waals surface area contributed by atoms with Gasteiger partial charge in [0.2, 0.25) is 10.0 Å². The molecule has 0 amide bonds. The standard InChI is InChI=1S/C13H20BrNO2S/c1-10(13(2,3)4)9-15-18(16,17)12-7-5-6-11(14)8-12/h5-8,10,15H,9H2,1-4H3. The maximum atomic E-state index is 12.1. The molecule has 1 aromatic carbocycles. The van der Waals surface area contributed by atoms with E-state index in [-0.39, 0.29) is 16.2 Å². The molecular weight excluding hydrogens is 314 g/mol. The van der Waals surface area contributed by atoms with Crippen molar-refractivity contribution in [3.05, 3.63) is 28.7 Å². The molecule has 0 aliphatic carbocycles. The maximum Gasteiger partial charge on any atom is 0.240 e. The summed E-state index contributed by atoms with van der Waals surface area (Å²) in [4.78, 5) is 0.290. The fourth-order valence-corrected chi connectivity index (χ4v) is 2.99. The molecule has 1 rings (SSSR count). The Labute approximate surface area is 118 Å². The lowest BCUT2D eigenvalue weighted by molar-refractivity contribution is 0.263. The zero-order valence-electron chi connectivity index (χ0n) is 11.2. The van der Waals surface area contributed by atoms with E-state index in [0.29, 0.717) is 6.54 Å². The average Bonchev–Trinajstić information content (AvgIpc) is 2.24. The summed E-state index contributed by atoms with van der Waals surface area (Å²) < 4.78 is 27.6. The van der Waals surface area contributed by atoms with Crippen LogP contribution in [-0.2, 0) is 10.0 Å². The number of nitrogens with one attached hydrogen (secondary N) is 1. The Morgan fingerprint density at radius 1 is 1.33 bits per heavy atom. The van der Waals surface area contributed by atoms with Crippen molar-refractivity contribution < 1.29 is 8.42 Å². The van der Waals surface area contributed by atoms with E-state index >= 15 is 0 Å². The Hall–Kier alpha value is -0.390. The SMILES string of the molecule is CC(CNS(=O)(=O)c1cccc(Br)c1)C(C)(C)C. The Kier molecular flexibility index (Phi) is 4.98. The number of sulfonamides is 1. The second-order valence-corrected chi connectivity index (χ2v) is 8.26. The summed E-state index contributed by atoms with van der Waals surface area (Å²) in [6.45, 7) is 8.79. The third-order valence-corrected chi connectivity index (χ3v) is 5.08. The molecular formula is C13H20BrNO2S. The van der Waals surface area contributed by atoms with Crippen LogP contribution in [0.15, 0.2) is 33.6 Å². The van der Waals surface area contributed by atoms with Gasteiger partial charge in [-0.05, 0) is 29.5 Å². The van der Waals surface area contributed by atoms with E-state index in [9.17, 15) is 8.42 Å². The summed E-state index contributed by atoms with van der Waals surface area (Å²) in [5.41, 5.74) is 0.0831. The fourth-order valence-electron chi connectivity index (χ4n) is 1.26. The van der Waals surface area contributed by atoms with Crippen molar-refractivity contribution in [2.24, 2.45) is 11.3 Å². The average molecular weight is 334 g/mol. The van der Waals surface area contributed by atoms with Crippen molar-refractivity contribution in [2.45, 2.75) is 32.6 Å². The quantitative estimate of drug-likeness (QED) is 0.917. The first kappa shape index (κ1) is 15.7. The van der Waals surface area contributed by atoms with Gasteiger partial charge in [-0.15, -0.1) is 0 Å². The first-order valence-electron chi connectivity index (χ1n) is 5.88. The largest absolute Gasteiger partial charge is 0.240 e. The van der Waals surface area contributed by atoms with Crippen LogP contribution in [0.1, 0.15) is 27.7 Å². The van der Waals surface area contributed by atoms with Gasteiger partial charge >= 0.3 is 0 Å². The highest BCUT2D eigenvalue weighted by atomic mass is 79.9. The second-order valence-electron chi connectivity index (χ2n) is 5.58. The second kappa shape index (κ2) is 5.72. The van der Waals surface area contributed by atoms with Crippen LogP contribution in [0.5, 0.6) is 0 Å². The van der Waals surface area contributed by atoms with Crippen LogP contribution < -0.4 is 4.72 Å². The summed E-state index contributed by atoms with van der Waals surface area (Å²) in [6.07, 6.45) is 0. The molecule has 0 aromatic heterocycles. The zero-order valence-corrected chi connectivity index (χ0v) is 13.6. The van der Waals surface area contributed by atoms with E-state index in [1.165, 1.54) is 0 Å². The van der Waals surface area contributed by atoms with E-state index in [0.717, 1.165) is 4.47 Å². The van der Waals surface area contributed by atoms with Gasteiger partial charge in [0.05, 0.1) is 4.90 Å². The van der Waals surface area contributed by atoms with Gasteiger partial charge in [-0.25, -0.2) is 13.1 Å². The highest BCUT2D eigenvalue weighted by Gasteiger charge is 2.22. The third kappa shape index (κ3) is 4.37. The molecule has 1 aromatic rings. The molecule has 1 atom stereocenters. The predicted octanol–water partition coefficient (Wildman–Crippen LogP) is 3.41. The first-order chi connectivity index (χ1) is 8.13. The van der Waals surface area contributed by atoms with Crippen LogP contribution in [-0.4, -0.2) is 15.0 Å². The van der Waals surface area contributed by atoms with Crippen molar-refractivity contribution in [1.29, 1.82) is 0 Å². The summed E-state index contributed by atoms with van der Waals surface area (Å²) in [7, 11) is -3.42. The van der Waals surface area contributed by atoms with E-state index in [1.807, 2.05) is 6.92 Å². The normalized spacial score (nSPS) is 14.5. The van der Waals surface area contributed by atoms with Crippen LogP contribution in [0, 0.1) is 11.3 Å². The molecule has 18 heavy (non-hydrogen) atoms. The molecule has 0 radical (unpaired) electrons. The summed E-state index contributed by atoms with van der Waals surface area (Å²) >= 11 is 3.27. The minimum Gasteiger partial charge on any atom is -0.211 e. The van der Waals surface area contributed by atoms with Gasteiger partial charge in [-0.3, -0.25) is 0 Å². The summed E-state index contributed by atoms with van der Waals surface area (Å²) in [5, 5.41) is 0.